The molecule has 1 aromatic heterocycles. The van der Waals surface area contributed by atoms with Gasteiger partial charge in [0.25, 0.3) is 5.56 Å². The number of nitrogens with zero attached hydrogens (tertiary/aromatic N) is 3. The maximum Gasteiger partial charge on any atom is 0.344 e. The fraction of sp³-hybridized carbons (Fsp3) is 0.312. The Balaban J connectivity index is 1.91. The lowest BCUT2D eigenvalue weighted by Crippen LogP contribution is -2.23. The predicted molar refractivity (Wildman–Crippen MR) is 167 cm³/mol. The van der Waals surface area contributed by atoms with Crippen molar-refractivity contribution in [3.8, 4) is 28.6 Å². The van der Waals surface area contributed by atoms with E-state index in [-0.39, 0.29) is 17.2 Å². The van der Waals surface area contributed by atoms with Crippen molar-refractivity contribution < 1.29 is 24.1 Å². The zero-order valence-corrected chi connectivity index (χ0v) is 26.1. The fourth-order valence-corrected chi connectivity index (χ4v) is 4.87. The van der Waals surface area contributed by atoms with Crippen LogP contribution in [0.15, 0.2) is 62.9 Å². The number of hydrogen-bond acceptors (Lipinski definition) is 7. The number of carboxylic acid groups (broad SMARTS) is 1. The Hall–Kier alpha value is -4.18. The van der Waals surface area contributed by atoms with Crippen molar-refractivity contribution in [2.45, 2.75) is 53.6 Å². The Morgan fingerprint density at radius 2 is 1.74 bits per heavy atom. The average Bonchev–Trinajstić information content (AvgIpc) is 2.94. The molecule has 0 amide bonds. The van der Waals surface area contributed by atoms with Gasteiger partial charge in [-0.25, -0.2) is 9.78 Å². The number of ether oxygens (including phenoxy) is 3. The molecular weight excluding hydrogens is 602 g/mol. The molecule has 0 aliphatic carbocycles. The highest BCUT2D eigenvalue weighted by atomic mass is 79.9. The monoisotopic (exact) mass is 635 g/mol. The van der Waals surface area contributed by atoms with E-state index in [4.69, 9.17) is 19.2 Å². The van der Waals surface area contributed by atoms with Crippen molar-refractivity contribution in [3.05, 3.63) is 80.0 Å². The normalized spacial score (nSPS) is 12.2. The molecule has 0 aliphatic heterocycles. The molecule has 0 fully saturated rings. The van der Waals surface area contributed by atoms with Crippen molar-refractivity contribution >= 4 is 39.0 Å². The SMILES string of the molecule is CCOc1cc(C=Nn2c(-c3cc(C(C)C)c(OCC)cc3C)nc3ccccc3c2=O)c(Br)cc1O[C@@H](C)C(=O)O. The van der Waals surface area contributed by atoms with E-state index in [1.807, 2.05) is 45.0 Å². The molecule has 0 unspecified atom stereocenters. The molecule has 1 atom stereocenters. The summed E-state index contributed by atoms with van der Waals surface area (Å²) in [6.45, 7) is 12.2. The molecule has 220 valence electrons. The lowest BCUT2D eigenvalue weighted by Gasteiger charge is -2.18. The van der Waals surface area contributed by atoms with Gasteiger partial charge in [0.05, 0.1) is 30.3 Å². The van der Waals surface area contributed by atoms with Crippen molar-refractivity contribution in [1.82, 2.24) is 9.66 Å². The van der Waals surface area contributed by atoms with Gasteiger partial charge in [0.1, 0.15) is 5.75 Å². The molecule has 42 heavy (non-hydrogen) atoms. The first kappa shape index (κ1) is 30.8. The van der Waals surface area contributed by atoms with Crippen molar-refractivity contribution in [3.63, 3.8) is 0 Å². The van der Waals surface area contributed by atoms with Crippen LogP contribution in [-0.4, -0.2) is 46.3 Å². The number of aromatic nitrogens is 2. The molecule has 0 bridgehead atoms. The van der Waals surface area contributed by atoms with Crippen LogP contribution in [0.2, 0.25) is 0 Å². The average molecular weight is 637 g/mol. The molecule has 0 aliphatic rings. The summed E-state index contributed by atoms with van der Waals surface area (Å²) in [6.07, 6.45) is 0.458. The second-order valence-corrected chi connectivity index (χ2v) is 10.8. The van der Waals surface area contributed by atoms with E-state index >= 15 is 0 Å². The Morgan fingerprint density at radius 3 is 2.40 bits per heavy atom. The minimum atomic E-state index is -1.10. The molecule has 9 nitrogen and oxygen atoms in total. The number of fused-ring (bicyclic) bond motifs is 1. The standard InChI is InChI=1S/C32H34BrN3O6/c1-7-40-27-13-19(5)24(15-23(27)18(3)4)30-35-26-12-10-9-11-22(26)31(37)36(30)34-17-21-14-28(41-8-2)29(16-25(21)33)42-20(6)32(38)39/h9-18,20H,7-8H2,1-6H3,(H,38,39)/t20-/m0/s1. The molecule has 0 spiro atoms. The van der Waals surface area contributed by atoms with Crippen LogP contribution >= 0.6 is 15.9 Å². The zero-order chi connectivity index (χ0) is 30.6. The van der Waals surface area contributed by atoms with Gasteiger partial charge in [-0.3, -0.25) is 4.79 Å². The number of para-hydroxylation sites is 1. The summed E-state index contributed by atoms with van der Waals surface area (Å²) in [5, 5.41) is 14.3. The van der Waals surface area contributed by atoms with Crippen molar-refractivity contribution in [1.29, 1.82) is 0 Å². The lowest BCUT2D eigenvalue weighted by molar-refractivity contribution is -0.144. The number of aliphatic carboxylic acids is 1. The Bertz CT molecular complexity index is 1710. The highest BCUT2D eigenvalue weighted by Gasteiger charge is 2.20. The largest absolute Gasteiger partial charge is 0.494 e. The van der Waals surface area contributed by atoms with Gasteiger partial charge < -0.3 is 19.3 Å². The van der Waals surface area contributed by atoms with E-state index in [2.05, 4.69) is 34.9 Å². The molecule has 1 heterocycles. The molecule has 4 rings (SSSR count). The van der Waals surface area contributed by atoms with Crippen LogP contribution in [0.3, 0.4) is 0 Å². The first-order valence-electron chi connectivity index (χ1n) is 13.7. The van der Waals surface area contributed by atoms with Crippen LogP contribution < -0.4 is 19.8 Å². The topological polar surface area (TPSA) is 112 Å². The van der Waals surface area contributed by atoms with E-state index in [0.29, 0.717) is 45.7 Å². The van der Waals surface area contributed by atoms with E-state index in [9.17, 15) is 14.7 Å². The summed E-state index contributed by atoms with van der Waals surface area (Å²) in [4.78, 5) is 30.0. The third kappa shape index (κ3) is 6.49. The van der Waals surface area contributed by atoms with Gasteiger partial charge in [-0.15, -0.1) is 0 Å². The van der Waals surface area contributed by atoms with Crippen LogP contribution in [0.5, 0.6) is 17.2 Å². The number of halogens is 1. The fourth-order valence-electron chi connectivity index (χ4n) is 4.45. The predicted octanol–water partition coefficient (Wildman–Crippen LogP) is 6.79. The van der Waals surface area contributed by atoms with Crippen LogP contribution in [0.4, 0.5) is 0 Å². The van der Waals surface area contributed by atoms with E-state index < -0.39 is 12.1 Å². The maximum absolute atomic E-state index is 13.8. The highest BCUT2D eigenvalue weighted by Crippen LogP contribution is 2.36. The summed E-state index contributed by atoms with van der Waals surface area (Å²) in [6, 6.07) is 14.5. The minimum Gasteiger partial charge on any atom is -0.494 e. The van der Waals surface area contributed by atoms with Crippen molar-refractivity contribution in [2.24, 2.45) is 5.10 Å². The molecule has 0 radical (unpaired) electrons. The number of rotatable bonds is 11. The summed E-state index contributed by atoms with van der Waals surface area (Å²) in [7, 11) is 0. The minimum absolute atomic E-state index is 0.174. The number of benzene rings is 3. The van der Waals surface area contributed by atoms with Crippen LogP contribution in [0, 0.1) is 6.92 Å². The van der Waals surface area contributed by atoms with E-state index in [1.165, 1.54) is 17.8 Å². The second kappa shape index (κ2) is 13.2. The van der Waals surface area contributed by atoms with Gasteiger partial charge >= 0.3 is 5.97 Å². The van der Waals surface area contributed by atoms with Crippen LogP contribution in [0.25, 0.3) is 22.3 Å². The van der Waals surface area contributed by atoms with Gasteiger partial charge in [-0.1, -0.05) is 26.0 Å². The highest BCUT2D eigenvalue weighted by molar-refractivity contribution is 9.10. The third-order valence-electron chi connectivity index (χ3n) is 6.60. The quantitative estimate of drug-likeness (QED) is 0.181. The number of carbonyl (C=O) groups is 1. The number of carboxylic acids is 1. The Kier molecular flexibility index (Phi) is 9.67. The maximum atomic E-state index is 13.8. The second-order valence-electron chi connectivity index (χ2n) is 9.96. The van der Waals surface area contributed by atoms with E-state index in [0.717, 1.165) is 22.4 Å². The van der Waals surface area contributed by atoms with Gasteiger partial charge in [-0.05, 0) is 97.1 Å². The third-order valence-corrected chi connectivity index (χ3v) is 7.29. The lowest BCUT2D eigenvalue weighted by atomic mass is 9.96. The summed E-state index contributed by atoms with van der Waals surface area (Å²) in [5.41, 5.74) is 3.50. The zero-order valence-electron chi connectivity index (χ0n) is 24.5. The summed E-state index contributed by atoms with van der Waals surface area (Å²) in [5.74, 6) is 0.899. The molecule has 1 N–H and O–H groups in total. The van der Waals surface area contributed by atoms with Gasteiger partial charge in [0.15, 0.2) is 23.4 Å². The smallest absolute Gasteiger partial charge is 0.344 e. The van der Waals surface area contributed by atoms with E-state index in [1.54, 1.807) is 24.3 Å². The van der Waals surface area contributed by atoms with Gasteiger partial charge in [0, 0.05) is 15.6 Å². The first-order chi connectivity index (χ1) is 20.0. The number of hydrogen-bond donors (Lipinski definition) is 1. The van der Waals surface area contributed by atoms with Crippen LogP contribution in [-0.2, 0) is 4.79 Å². The Labute approximate surface area is 252 Å². The summed E-state index contributed by atoms with van der Waals surface area (Å²) >= 11 is 3.52. The van der Waals surface area contributed by atoms with Crippen LogP contribution in [0.1, 0.15) is 57.2 Å². The van der Waals surface area contributed by atoms with Gasteiger partial charge in [-0.2, -0.15) is 9.78 Å². The molecule has 3 aromatic carbocycles. The molecule has 0 saturated heterocycles. The van der Waals surface area contributed by atoms with Crippen molar-refractivity contribution in [2.75, 3.05) is 13.2 Å². The molecule has 10 heteroatoms. The first-order valence-corrected chi connectivity index (χ1v) is 14.5. The summed E-state index contributed by atoms with van der Waals surface area (Å²) < 4.78 is 19.1. The van der Waals surface area contributed by atoms with Gasteiger partial charge in [0.2, 0.25) is 0 Å². The molecule has 4 aromatic rings. The Morgan fingerprint density at radius 1 is 1.05 bits per heavy atom. The molecular formula is C32H34BrN3O6. The number of aryl methyl sites for hydroxylation is 1. The molecule has 0 saturated carbocycles.